The molecule has 1 fully saturated rings. The van der Waals surface area contributed by atoms with Gasteiger partial charge in [0, 0.05) is 18.8 Å². The molecule has 1 aromatic rings. The van der Waals surface area contributed by atoms with Crippen LogP contribution in [0.3, 0.4) is 0 Å². The Kier molecular flexibility index (Phi) is 3.75. The molecule has 102 valence electrons. The van der Waals surface area contributed by atoms with E-state index in [0.717, 1.165) is 0 Å². The largest absolute Gasteiger partial charge is 0.399 e. The smallest absolute Gasteiger partial charge is 0.244 e. The molecule has 0 amide bonds. The maximum atomic E-state index is 12.5. The van der Waals surface area contributed by atoms with E-state index in [-0.39, 0.29) is 23.1 Å². The van der Waals surface area contributed by atoms with Crippen LogP contribution in [0.2, 0.25) is 0 Å². The lowest BCUT2D eigenvalue weighted by Gasteiger charge is -2.30. The highest BCUT2D eigenvalue weighted by Gasteiger charge is 2.30. The number of rotatable bonds is 2. The first kappa shape index (κ1) is 13.8. The predicted molar refractivity (Wildman–Crippen MR) is 69.7 cm³/mol. The maximum absolute atomic E-state index is 12.5. The topological polar surface area (TPSA) is 96.4 Å². The van der Waals surface area contributed by atoms with Crippen molar-refractivity contribution in [2.75, 3.05) is 25.4 Å². The van der Waals surface area contributed by atoms with E-state index in [1.807, 2.05) is 13.0 Å². The Balaban J connectivity index is 2.42. The van der Waals surface area contributed by atoms with Gasteiger partial charge in [-0.2, -0.15) is 9.57 Å². The molecule has 2 rings (SSSR count). The van der Waals surface area contributed by atoms with E-state index in [9.17, 15) is 8.42 Å². The van der Waals surface area contributed by atoms with Crippen molar-refractivity contribution in [3.8, 4) is 6.07 Å². The van der Waals surface area contributed by atoms with E-state index >= 15 is 0 Å². The van der Waals surface area contributed by atoms with Gasteiger partial charge in [0.25, 0.3) is 0 Å². The molecule has 1 unspecified atom stereocenters. The SMILES string of the molecule is CC1CN(S(=O)(=O)c2ccc(N)cc2C#N)CCO1. The molecule has 2 N–H and O–H groups in total. The number of benzene rings is 1. The molecular weight excluding hydrogens is 266 g/mol. The lowest BCUT2D eigenvalue weighted by molar-refractivity contribution is 0.0102. The second-order valence-corrected chi connectivity index (χ2v) is 6.32. The fraction of sp³-hybridized carbons (Fsp3) is 0.417. The molecular formula is C12H15N3O3S. The highest BCUT2D eigenvalue weighted by molar-refractivity contribution is 7.89. The van der Waals surface area contributed by atoms with E-state index in [2.05, 4.69) is 0 Å². The molecule has 0 aliphatic carbocycles. The van der Waals surface area contributed by atoms with Gasteiger partial charge in [-0.05, 0) is 25.1 Å². The molecule has 1 aromatic carbocycles. The number of nitrogens with zero attached hydrogens (tertiary/aromatic N) is 2. The normalized spacial score (nSPS) is 20.9. The van der Waals surface area contributed by atoms with Crippen LogP contribution in [0, 0.1) is 11.3 Å². The molecule has 19 heavy (non-hydrogen) atoms. The number of anilines is 1. The Morgan fingerprint density at radius 1 is 1.53 bits per heavy atom. The van der Waals surface area contributed by atoms with Gasteiger partial charge in [-0.25, -0.2) is 8.42 Å². The fourth-order valence-corrected chi connectivity index (χ4v) is 3.63. The van der Waals surface area contributed by atoms with E-state index in [0.29, 0.717) is 18.8 Å². The van der Waals surface area contributed by atoms with Gasteiger partial charge in [0.1, 0.15) is 11.0 Å². The third-order valence-corrected chi connectivity index (χ3v) is 4.87. The van der Waals surface area contributed by atoms with Crippen molar-refractivity contribution in [2.45, 2.75) is 17.9 Å². The summed E-state index contributed by atoms with van der Waals surface area (Å²) in [6.07, 6.45) is -0.150. The van der Waals surface area contributed by atoms with Crippen LogP contribution in [0.5, 0.6) is 0 Å². The van der Waals surface area contributed by atoms with Gasteiger partial charge in [0.05, 0.1) is 18.3 Å². The second-order valence-electron chi connectivity index (χ2n) is 4.41. The Morgan fingerprint density at radius 2 is 2.26 bits per heavy atom. The van der Waals surface area contributed by atoms with Crippen molar-refractivity contribution in [2.24, 2.45) is 0 Å². The van der Waals surface area contributed by atoms with Crippen molar-refractivity contribution in [3.05, 3.63) is 23.8 Å². The van der Waals surface area contributed by atoms with E-state index < -0.39 is 10.0 Å². The van der Waals surface area contributed by atoms with Crippen molar-refractivity contribution >= 4 is 15.7 Å². The summed E-state index contributed by atoms with van der Waals surface area (Å²) < 4.78 is 31.7. The molecule has 0 spiro atoms. The quantitative estimate of drug-likeness (QED) is 0.798. The van der Waals surface area contributed by atoms with E-state index in [4.69, 9.17) is 15.7 Å². The highest BCUT2D eigenvalue weighted by atomic mass is 32.2. The predicted octanol–water partition coefficient (Wildman–Crippen LogP) is 0.550. The van der Waals surface area contributed by atoms with Crippen molar-refractivity contribution < 1.29 is 13.2 Å². The van der Waals surface area contributed by atoms with Crippen LogP contribution in [0.15, 0.2) is 23.1 Å². The average molecular weight is 281 g/mol. The summed E-state index contributed by atoms with van der Waals surface area (Å²) in [4.78, 5) is -0.00157. The molecule has 7 heteroatoms. The van der Waals surface area contributed by atoms with Crippen LogP contribution < -0.4 is 5.73 Å². The van der Waals surface area contributed by atoms with Crippen LogP contribution in [0.25, 0.3) is 0 Å². The molecule has 0 bridgehead atoms. The molecule has 0 aromatic heterocycles. The number of hydrogen-bond acceptors (Lipinski definition) is 5. The zero-order valence-electron chi connectivity index (χ0n) is 10.5. The first-order chi connectivity index (χ1) is 8.95. The van der Waals surface area contributed by atoms with Gasteiger partial charge >= 0.3 is 0 Å². The van der Waals surface area contributed by atoms with E-state index in [1.165, 1.54) is 22.5 Å². The monoisotopic (exact) mass is 281 g/mol. The number of ether oxygens (including phenoxy) is 1. The summed E-state index contributed by atoms with van der Waals surface area (Å²) in [6, 6.07) is 6.11. The summed E-state index contributed by atoms with van der Waals surface area (Å²) >= 11 is 0. The van der Waals surface area contributed by atoms with Gasteiger partial charge in [-0.3, -0.25) is 0 Å². The number of nitrogen functional groups attached to an aromatic ring is 1. The van der Waals surface area contributed by atoms with Gasteiger partial charge in [0.15, 0.2) is 0 Å². The first-order valence-electron chi connectivity index (χ1n) is 5.86. The van der Waals surface area contributed by atoms with Gasteiger partial charge in [-0.15, -0.1) is 0 Å². The lowest BCUT2D eigenvalue weighted by Crippen LogP contribution is -2.44. The van der Waals surface area contributed by atoms with Gasteiger partial charge in [0.2, 0.25) is 10.0 Å². The van der Waals surface area contributed by atoms with Crippen molar-refractivity contribution in [1.82, 2.24) is 4.31 Å². The summed E-state index contributed by atoms with van der Waals surface area (Å²) in [5, 5.41) is 9.04. The molecule has 1 aliphatic heterocycles. The Hall–Kier alpha value is -1.62. The van der Waals surface area contributed by atoms with Crippen molar-refractivity contribution in [3.63, 3.8) is 0 Å². The number of nitrogens with two attached hydrogens (primary N) is 1. The van der Waals surface area contributed by atoms with Gasteiger partial charge < -0.3 is 10.5 Å². The number of sulfonamides is 1. The number of nitriles is 1. The van der Waals surface area contributed by atoms with Gasteiger partial charge in [-0.1, -0.05) is 0 Å². The molecule has 1 heterocycles. The summed E-state index contributed by atoms with van der Waals surface area (Å²) in [7, 11) is -3.68. The first-order valence-corrected chi connectivity index (χ1v) is 7.30. The number of hydrogen-bond donors (Lipinski definition) is 1. The number of morpholine rings is 1. The Labute approximate surface area is 112 Å². The minimum atomic E-state index is -3.68. The molecule has 1 saturated heterocycles. The maximum Gasteiger partial charge on any atom is 0.244 e. The Bertz CT molecular complexity index is 622. The zero-order chi connectivity index (χ0) is 14.0. The van der Waals surface area contributed by atoms with Crippen molar-refractivity contribution in [1.29, 1.82) is 5.26 Å². The average Bonchev–Trinajstić information content (AvgIpc) is 2.38. The molecule has 0 saturated carbocycles. The standard InChI is InChI=1S/C12H15N3O3S/c1-9-8-15(4-5-18-9)19(16,17)12-3-2-11(14)6-10(12)7-13/h2-3,6,9H,4-5,8,14H2,1H3. The summed E-state index contributed by atoms with van der Waals surface area (Å²) in [5.74, 6) is 0. The molecule has 0 radical (unpaired) electrons. The second kappa shape index (κ2) is 5.17. The Morgan fingerprint density at radius 3 is 2.89 bits per heavy atom. The van der Waals surface area contributed by atoms with Crippen LogP contribution in [-0.4, -0.2) is 38.5 Å². The minimum Gasteiger partial charge on any atom is -0.399 e. The molecule has 6 nitrogen and oxygen atoms in total. The van der Waals surface area contributed by atoms with Crippen LogP contribution in [0.1, 0.15) is 12.5 Å². The zero-order valence-corrected chi connectivity index (χ0v) is 11.4. The highest BCUT2D eigenvalue weighted by Crippen LogP contribution is 2.23. The minimum absolute atomic E-state index is 0.00157. The molecule has 1 atom stereocenters. The fourth-order valence-electron chi connectivity index (χ4n) is 2.00. The third kappa shape index (κ3) is 2.71. The molecule has 1 aliphatic rings. The summed E-state index contributed by atoms with van der Waals surface area (Å²) in [5.41, 5.74) is 6.00. The van der Waals surface area contributed by atoms with E-state index in [1.54, 1.807) is 0 Å². The van der Waals surface area contributed by atoms with Crippen LogP contribution in [-0.2, 0) is 14.8 Å². The van der Waals surface area contributed by atoms with Crippen LogP contribution in [0.4, 0.5) is 5.69 Å². The lowest BCUT2D eigenvalue weighted by atomic mass is 10.2. The summed E-state index contributed by atoms with van der Waals surface area (Å²) in [6.45, 7) is 2.76. The van der Waals surface area contributed by atoms with Crippen LogP contribution >= 0.6 is 0 Å². The third-order valence-electron chi connectivity index (χ3n) is 2.95.